The molecule has 0 aliphatic heterocycles. The monoisotopic (exact) mass is 357 g/mol. The molecule has 0 aliphatic carbocycles. The molecule has 122 valence electrons. The molecule has 3 heterocycles. The van der Waals surface area contributed by atoms with E-state index in [1.54, 1.807) is 11.8 Å². The van der Waals surface area contributed by atoms with E-state index in [0.29, 0.717) is 5.02 Å². The summed E-state index contributed by atoms with van der Waals surface area (Å²) >= 11 is 7.94. The zero-order valence-corrected chi connectivity index (χ0v) is 15.4. The van der Waals surface area contributed by atoms with Crippen LogP contribution in [0, 0.1) is 13.8 Å². The minimum Gasteiger partial charge on any atom is -0.327 e. The van der Waals surface area contributed by atoms with Crippen molar-refractivity contribution in [2.75, 3.05) is 6.26 Å². The summed E-state index contributed by atoms with van der Waals surface area (Å²) < 4.78 is 3.91. The Bertz CT molecular complexity index is 1100. The van der Waals surface area contributed by atoms with Gasteiger partial charge in [0, 0.05) is 7.05 Å². The van der Waals surface area contributed by atoms with E-state index in [0.717, 1.165) is 44.5 Å². The second kappa shape index (κ2) is 5.50. The summed E-state index contributed by atoms with van der Waals surface area (Å²) in [6.45, 7) is 3.87. The summed E-state index contributed by atoms with van der Waals surface area (Å²) in [6, 6.07) is 8.10. The summed E-state index contributed by atoms with van der Waals surface area (Å²) in [5, 5.41) is 6.24. The van der Waals surface area contributed by atoms with Gasteiger partial charge < -0.3 is 4.57 Å². The average Bonchev–Trinajstić information content (AvgIpc) is 3.11. The Kier molecular flexibility index (Phi) is 3.54. The molecular formula is C17H16ClN5S. The molecule has 4 aromatic rings. The molecule has 0 spiro atoms. The van der Waals surface area contributed by atoms with Gasteiger partial charge in [-0.1, -0.05) is 23.7 Å². The number of thioether (sulfide) groups is 1. The summed E-state index contributed by atoms with van der Waals surface area (Å²) in [6.07, 6.45) is 2.01. The van der Waals surface area contributed by atoms with Gasteiger partial charge in [-0.25, -0.2) is 14.5 Å². The molecule has 4 rings (SSSR count). The highest BCUT2D eigenvalue weighted by molar-refractivity contribution is 7.98. The predicted molar refractivity (Wildman–Crippen MR) is 99.0 cm³/mol. The quantitative estimate of drug-likeness (QED) is 0.502. The smallest absolute Gasteiger partial charge is 0.167 e. The van der Waals surface area contributed by atoms with Crippen molar-refractivity contribution in [1.82, 2.24) is 24.1 Å². The van der Waals surface area contributed by atoms with Crippen LogP contribution in [-0.2, 0) is 7.05 Å². The van der Waals surface area contributed by atoms with Crippen molar-refractivity contribution in [3.63, 3.8) is 0 Å². The van der Waals surface area contributed by atoms with Gasteiger partial charge in [0.2, 0.25) is 0 Å². The van der Waals surface area contributed by atoms with Crippen molar-refractivity contribution < 1.29 is 0 Å². The molecule has 0 atom stereocenters. The van der Waals surface area contributed by atoms with Gasteiger partial charge in [0.15, 0.2) is 5.65 Å². The molecular weight excluding hydrogens is 342 g/mol. The Morgan fingerprint density at radius 1 is 1.12 bits per heavy atom. The standard InChI is InChI=1S/C17H16ClN5S/c1-9-14(18)10(2)23-16(19-9)13(17(21-23)24-4)15-20-11-7-5-6-8-12(11)22(15)3/h5-8H,1-4H3. The number of imidazole rings is 1. The van der Waals surface area contributed by atoms with Crippen LogP contribution in [0.3, 0.4) is 0 Å². The van der Waals surface area contributed by atoms with Crippen LogP contribution in [0.2, 0.25) is 5.02 Å². The summed E-state index contributed by atoms with van der Waals surface area (Å²) in [5.74, 6) is 0.865. The maximum Gasteiger partial charge on any atom is 0.167 e. The van der Waals surface area contributed by atoms with E-state index in [9.17, 15) is 0 Å². The van der Waals surface area contributed by atoms with Crippen LogP contribution in [-0.4, -0.2) is 30.4 Å². The number of hydrogen-bond acceptors (Lipinski definition) is 4. The lowest BCUT2D eigenvalue weighted by molar-refractivity contribution is 0.848. The Morgan fingerprint density at radius 2 is 1.88 bits per heavy atom. The minimum absolute atomic E-state index is 0.647. The molecule has 0 N–H and O–H groups in total. The maximum atomic E-state index is 6.35. The van der Waals surface area contributed by atoms with Gasteiger partial charge in [-0.2, -0.15) is 5.10 Å². The molecule has 5 nitrogen and oxygen atoms in total. The molecule has 1 aromatic carbocycles. The number of aryl methyl sites for hydroxylation is 3. The molecule has 24 heavy (non-hydrogen) atoms. The van der Waals surface area contributed by atoms with Gasteiger partial charge in [-0.05, 0) is 32.2 Å². The molecule has 0 bridgehead atoms. The van der Waals surface area contributed by atoms with Crippen LogP contribution in [0.1, 0.15) is 11.4 Å². The first-order chi connectivity index (χ1) is 11.5. The first-order valence-electron chi connectivity index (χ1n) is 7.54. The van der Waals surface area contributed by atoms with Gasteiger partial charge >= 0.3 is 0 Å². The first kappa shape index (κ1) is 15.5. The van der Waals surface area contributed by atoms with Crippen molar-refractivity contribution in [2.45, 2.75) is 18.9 Å². The fourth-order valence-corrected chi connectivity index (χ4v) is 3.67. The first-order valence-corrected chi connectivity index (χ1v) is 9.14. The lowest BCUT2D eigenvalue weighted by Crippen LogP contribution is -2.00. The lowest BCUT2D eigenvalue weighted by atomic mass is 10.3. The Balaban J connectivity index is 2.13. The lowest BCUT2D eigenvalue weighted by Gasteiger charge is -2.06. The van der Waals surface area contributed by atoms with Crippen LogP contribution in [0.25, 0.3) is 28.1 Å². The number of rotatable bonds is 2. The summed E-state index contributed by atoms with van der Waals surface area (Å²) in [5.41, 5.74) is 5.47. The van der Waals surface area contributed by atoms with E-state index in [-0.39, 0.29) is 0 Å². The number of fused-ring (bicyclic) bond motifs is 2. The Hall–Kier alpha value is -2.05. The van der Waals surface area contributed by atoms with Gasteiger partial charge in [0.05, 0.1) is 33.0 Å². The maximum absolute atomic E-state index is 6.35. The summed E-state index contributed by atoms with van der Waals surface area (Å²) in [7, 11) is 2.02. The Morgan fingerprint density at radius 3 is 2.58 bits per heavy atom. The van der Waals surface area contributed by atoms with Crippen LogP contribution in [0.4, 0.5) is 0 Å². The number of nitrogens with zero attached hydrogens (tertiary/aromatic N) is 5. The number of para-hydroxylation sites is 2. The van der Waals surface area contributed by atoms with Crippen LogP contribution >= 0.6 is 23.4 Å². The van der Waals surface area contributed by atoms with Crippen molar-refractivity contribution >= 4 is 40.0 Å². The van der Waals surface area contributed by atoms with Crippen LogP contribution in [0.15, 0.2) is 29.3 Å². The summed E-state index contributed by atoms with van der Waals surface area (Å²) in [4.78, 5) is 9.51. The highest BCUT2D eigenvalue weighted by Crippen LogP contribution is 2.35. The van der Waals surface area contributed by atoms with E-state index >= 15 is 0 Å². The number of halogens is 1. The SMILES string of the molecule is CSc1nn2c(C)c(Cl)c(C)nc2c1-c1nc2ccccc2n1C. The molecule has 0 fully saturated rings. The highest BCUT2D eigenvalue weighted by Gasteiger charge is 2.23. The van der Waals surface area contributed by atoms with Crippen molar-refractivity contribution in [3.05, 3.63) is 40.7 Å². The number of hydrogen-bond donors (Lipinski definition) is 0. The van der Waals surface area contributed by atoms with Gasteiger partial charge in [0.25, 0.3) is 0 Å². The van der Waals surface area contributed by atoms with Gasteiger partial charge in [0.1, 0.15) is 10.9 Å². The molecule has 7 heteroatoms. The van der Waals surface area contributed by atoms with Crippen LogP contribution < -0.4 is 0 Å². The van der Waals surface area contributed by atoms with Crippen molar-refractivity contribution in [3.8, 4) is 11.4 Å². The fraction of sp³-hybridized carbons (Fsp3) is 0.235. The third-order valence-corrected chi connectivity index (χ3v) is 5.48. The molecule has 0 amide bonds. The highest BCUT2D eigenvalue weighted by atomic mass is 35.5. The number of benzene rings is 1. The van der Waals surface area contributed by atoms with E-state index < -0.39 is 0 Å². The molecule has 3 aromatic heterocycles. The third-order valence-electron chi connectivity index (χ3n) is 4.26. The largest absolute Gasteiger partial charge is 0.327 e. The second-order valence-electron chi connectivity index (χ2n) is 5.70. The molecule has 0 unspecified atom stereocenters. The Labute approximate surface area is 148 Å². The third kappa shape index (κ3) is 2.06. The van der Waals surface area contributed by atoms with E-state index in [4.69, 9.17) is 26.7 Å². The van der Waals surface area contributed by atoms with E-state index in [2.05, 4.69) is 10.6 Å². The topological polar surface area (TPSA) is 48.0 Å². The molecule has 0 aliphatic rings. The second-order valence-corrected chi connectivity index (χ2v) is 6.87. The number of aromatic nitrogens is 5. The average molecular weight is 358 g/mol. The predicted octanol–water partition coefficient (Wildman–Crippen LogP) is 4.28. The minimum atomic E-state index is 0.647. The van der Waals surface area contributed by atoms with Crippen molar-refractivity contribution in [1.29, 1.82) is 0 Å². The molecule has 0 saturated heterocycles. The van der Waals surface area contributed by atoms with Crippen molar-refractivity contribution in [2.24, 2.45) is 7.05 Å². The normalized spacial score (nSPS) is 11.7. The zero-order valence-electron chi connectivity index (χ0n) is 13.8. The van der Waals surface area contributed by atoms with Gasteiger partial charge in [-0.3, -0.25) is 0 Å². The van der Waals surface area contributed by atoms with E-state index in [1.165, 1.54) is 0 Å². The van der Waals surface area contributed by atoms with E-state index in [1.807, 2.05) is 49.9 Å². The van der Waals surface area contributed by atoms with Crippen LogP contribution in [0.5, 0.6) is 0 Å². The molecule has 0 radical (unpaired) electrons. The fourth-order valence-electron chi connectivity index (χ4n) is 3.00. The zero-order chi connectivity index (χ0) is 17.0. The molecule has 0 saturated carbocycles. The van der Waals surface area contributed by atoms with Gasteiger partial charge in [-0.15, -0.1) is 11.8 Å².